The van der Waals surface area contributed by atoms with Crippen LogP contribution in [0.2, 0.25) is 0 Å². The fourth-order valence-corrected chi connectivity index (χ4v) is 1.61. The van der Waals surface area contributed by atoms with Gasteiger partial charge in [-0.05, 0) is 0 Å². The Balaban J connectivity index is 2.28. The maximum absolute atomic E-state index is 11.3. The molecule has 4 heteroatoms. The van der Waals surface area contributed by atoms with E-state index in [-0.39, 0.29) is 6.03 Å². The van der Waals surface area contributed by atoms with Crippen LogP contribution in [0.15, 0.2) is 25.3 Å². The first-order valence-corrected chi connectivity index (χ1v) is 5.25. The van der Waals surface area contributed by atoms with Crippen LogP contribution < -0.4 is 5.32 Å². The van der Waals surface area contributed by atoms with E-state index in [1.807, 2.05) is 17.1 Å². The van der Waals surface area contributed by atoms with Crippen molar-refractivity contribution in [3.8, 4) is 0 Å². The largest absolute Gasteiger partial charge is 0.336 e. The number of carbonyl (C=O) groups excluding carboxylic acids is 1. The third kappa shape index (κ3) is 3.75. The molecule has 0 aromatic rings. The molecule has 1 heterocycles. The molecule has 0 aromatic carbocycles. The van der Waals surface area contributed by atoms with E-state index in [1.165, 1.54) is 0 Å². The Morgan fingerprint density at radius 3 is 2.53 bits per heavy atom. The molecule has 1 aliphatic heterocycles. The van der Waals surface area contributed by atoms with E-state index in [0.717, 1.165) is 39.3 Å². The topological polar surface area (TPSA) is 35.6 Å². The summed E-state index contributed by atoms with van der Waals surface area (Å²) in [6.45, 7) is 12.3. The summed E-state index contributed by atoms with van der Waals surface area (Å²) in [4.78, 5) is 15.3. The van der Waals surface area contributed by atoms with Gasteiger partial charge in [0.1, 0.15) is 0 Å². The van der Waals surface area contributed by atoms with E-state index in [1.54, 1.807) is 0 Å². The Morgan fingerprint density at radius 2 is 2.07 bits per heavy atom. The number of urea groups is 1. The molecule has 0 unspecified atom stereocenters. The zero-order valence-corrected chi connectivity index (χ0v) is 9.11. The summed E-state index contributed by atoms with van der Waals surface area (Å²) >= 11 is 0. The van der Waals surface area contributed by atoms with E-state index in [2.05, 4.69) is 23.4 Å². The average Bonchev–Trinajstić information content (AvgIpc) is 2.61. The van der Waals surface area contributed by atoms with E-state index >= 15 is 0 Å². The first-order valence-electron chi connectivity index (χ1n) is 5.25. The number of hydrogen-bond donors (Lipinski definition) is 1. The molecule has 2 amide bonds. The minimum absolute atomic E-state index is 0.0483. The maximum Gasteiger partial charge on any atom is 0.317 e. The molecular formula is C11H19N3O. The first-order chi connectivity index (χ1) is 7.27. The second-order valence-corrected chi connectivity index (χ2v) is 3.56. The monoisotopic (exact) mass is 209 g/mol. The molecule has 1 N–H and O–H groups in total. The van der Waals surface area contributed by atoms with Gasteiger partial charge < -0.3 is 10.2 Å². The van der Waals surface area contributed by atoms with Gasteiger partial charge in [-0.25, -0.2) is 4.79 Å². The van der Waals surface area contributed by atoms with Gasteiger partial charge in [-0.3, -0.25) is 4.90 Å². The van der Waals surface area contributed by atoms with Crippen molar-refractivity contribution in [2.24, 2.45) is 0 Å². The van der Waals surface area contributed by atoms with Crippen LogP contribution in [0.25, 0.3) is 0 Å². The molecule has 0 atom stereocenters. The molecule has 4 nitrogen and oxygen atoms in total. The Hall–Kier alpha value is -1.29. The fourth-order valence-electron chi connectivity index (χ4n) is 1.61. The summed E-state index contributed by atoms with van der Waals surface area (Å²) in [6, 6.07) is 0.0483. The summed E-state index contributed by atoms with van der Waals surface area (Å²) in [5.74, 6) is 0. The lowest BCUT2D eigenvalue weighted by molar-refractivity contribution is 0.208. The Morgan fingerprint density at radius 1 is 1.40 bits per heavy atom. The van der Waals surface area contributed by atoms with Gasteiger partial charge in [-0.2, -0.15) is 0 Å². The number of amides is 2. The molecule has 0 spiro atoms. The van der Waals surface area contributed by atoms with E-state index in [9.17, 15) is 4.79 Å². The molecule has 0 saturated carbocycles. The highest BCUT2D eigenvalue weighted by Crippen LogP contribution is 1.98. The van der Waals surface area contributed by atoms with E-state index in [4.69, 9.17) is 0 Å². The number of rotatable bonds is 7. The first kappa shape index (κ1) is 11.8. The molecule has 0 bridgehead atoms. The van der Waals surface area contributed by atoms with Crippen LogP contribution in [0.1, 0.15) is 0 Å². The van der Waals surface area contributed by atoms with Crippen molar-refractivity contribution in [3.63, 3.8) is 0 Å². The van der Waals surface area contributed by atoms with Gasteiger partial charge in [0.25, 0.3) is 0 Å². The standard InChI is InChI=1S/C11H19N3O/c1-3-6-13(7-4-2)9-10-14-8-5-12-11(14)15/h3-4H,1-2,5-10H2,(H,12,15). The highest BCUT2D eigenvalue weighted by molar-refractivity contribution is 5.76. The van der Waals surface area contributed by atoms with Crippen LogP contribution >= 0.6 is 0 Å². The number of hydrogen-bond acceptors (Lipinski definition) is 2. The normalized spacial score (nSPS) is 15.5. The van der Waals surface area contributed by atoms with Gasteiger partial charge in [0, 0.05) is 39.3 Å². The van der Waals surface area contributed by atoms with Gasteiger partial charge in [0.15, 0.2) is 0 Å². The summed E-state index contributed by atoms with van der Waals surface area (Å²) < 4.78 is 0. The Kier molecular flexibility index (Phi) is 4.90. The lowest BCUT2D eigenvalue weighted by Gasteiger charge is -2.22. The van der Waals surface area contributed by atoms with Crippen LogP contribution in [0.3, 0.4) is 0 Å². The van der Waals surface area contributed by atoms with Crippen LogP contribution in [-0.2, 0) is 0 Å². The zero-order valence-electron chi connectivity index (χ0n) is 9.11. The second-order valence-electron chi connectivity index (χ2n) is 3.56. The van der Waals surface area contributed by atoms with Crippen molar-refractivity contribution in [1.82, 2.24) is 15.1 Å². The number of nitrogens with zero attached hydrogens (tertiary/aromatic N) is 2. The number of carbonyl (C=O) groups is 1. The predicted octanol–water partition coefficient (Wildman–Crippen LogP) is 0.686. The Bertz CT molecular complexity index is 230. The SMILES string of the molecule is C=CCN(CC=C)CCN1CCNC1=O. The third-order valence-corrected chi connectivity index (χ3v) is 2.41. The molecule has 1 saturated heterocycles. The van der Waals surface area contributed by atoms with Crippen molar-refractivity contribution in [2.45, 2.75) is 0 Å². The molecule has 0 aliphatic carbocycles. The second kappa shape index (κ2) is 6.24. The molecule has 1 fully saturated rings. The van der Waals surface area contributed by atoms with Crippen molar-refractivity contribution in [1.29, 1.82) is 0 Å². The smallest absolute Gasteiger partial charge is 0.317 e. The number of nitrogens with one attached hydrogen (secondary N) is 1. The molecule has 1 aliphatic rings. The van der Waals surface area contributed by atoms with Crippen LogP contribution in [0.4, 0.5) is 4.79 Å². The van der Waals surface area contributed by atoms with Gasteiger partial charge in [-0.1, -0.05) is 12.2 Å². The molecule has 0 radical (unpaired) electrons. The van der Waals surface area contributed by atoms with Crippen molar-refractivity contribution < 1.29 is 4.79 Å². The highest BCUT2D eigenvalue weighted by atomic mass is 16.2. The van der Waals surface area contributed by atoms with Gasteiger partial charge >= 0.3 is 6.03 Å². The fraction of sp³-hybridized carbons (Fsp3) is 0.545. The summed E-state index contributed by atoms with van der Waals surface area (Å²) in [7, 11) is 0. The third-order valence-electron chi connectivity index (χ3n) is 2.41. The molecule has 15 heavy (non-hydrogen) atoms. The quantitative estimate of drug-likeness (QED) is 0.626. The van der Waals surface area contributed by atoms with E-state index in [0.29, 0.717) is 0 Å². The Labute approximate surface area is 91.2 Å². The average molecular weight is 209 g/mol. The van der Waals surface area contributed by atoms with Crippen molar-refractivity contribution in [2.75, 3.05) is 39.3 Å². The minimum Gasteiger partial charge on any atom is -0.336 e. The molecular weight excluding hydrogens is 190 g/mol. The lowest BCUT2D eigenvalue weighted by atomic mass is 10.4. The van der Waals surface area contributed by atoms with Crippen LogP contribution in [0, 0.1) is 0 Å². The predicted molar refractivity (Wildman–Crippen MR) is 61.8 cm³/mol. The molecule has 0 aromatic heterocycles. The van der Waals surface area contributed by atoms with Crippen LogP contribution in [0.5, 0.6) is 0 Å². The maximum atomic E-state index is 11.3. The zero-order chi connectivity index (χ0) is 11.1. The highest BCUT2D eigenvalue weighted by Gasteiger charge is 2.19. The van der Waals surface area contributed by atoms with Crippen LogP contribution in [-0.4, -0.2) is 55.1 Å². The summed E-state index contributed by atoms with van der Waals surface area (Å²) in [5, 5.41) is 2.79. The van der Waals surface area contributed by atoms with E-state index < -0.39 is 0 Å². The lowest BCUT2D eigenvalue weighted by Crippen LogP contribution is -2.37. The van der Waals surface area contributed by atoms with Gasteiger partial charge in [-0.15, -0.1) is 13.2 Å². The molecule has 1 rings (SSSR count). The summed E-state index contributed by atoms with van der Waals surface area (Å²) in [6.07, 6.45) is 3.74. The van der Waals surface area contributed by atoms with Crippen molar-refractivity contribution in [3.05, 3.63) is 25.3 Å². The van der Waals surface area contributed by atoms with Crippen molar-refractivity contribution >= 4 is 6.03 Å². The van der Waals surface area contributed by atoms with Gasteiger partial charge in [0.2, 0.25) is 0 Å². The molecule has 84 valence electrons. The van der Waals surface area contributed by atoms with Gasteiger partial charge in [0.05, 0.1) is 0 Å². The summed E-state index contributed by atoms with van der Waals surface area (Å²) in [5.41, 5.74) is 0. The minimum atomic E-state index is 0.0483.